The van der Waals surface area contributed by atoms with E-state index in [1.54, 1.807) is 0 Å². The fraction of sp³-hybridized carbons (Fsp3) is 1.00. The molecule has 0 amide bonds. The summed E-state index contributed by atoms with van der Waals surface area (Å²) in [7, 11) is 0. The molecule has 30 atom stereocenters. The Morgan fingerprint density at radius 1 is 0.299 bits per heavy atom. The van der Waals surface area contributed by atoms with Gasteiger partial charge in [0.1, 0.15) is 146 Å². The van der Waals surface area contributed by atoms with Crippen molar-refractivity contribution < 1.29 is 154 Å². The molecular weight excluding hydrogens is 928 g/mol. The number of hydrogen-bond donors (Lipinski definition) is 20. The summed E-state index contributed by atoms with van der Waals surface area (Å²) in [6.45, 7) is -6.04. The third kappa shape index (κ3) is 11.2. The lowest BCUT2D eigenvalue weighted by atomic mass is 9.95. The minimum Gasteiger partial charge on any atom is -0.394 e. The molecule has 0 aromatic rings. The van der Waals surface area contributed by atoms with Crippen LogP contribution in [0.4, 0.5) is 0 Å². The lowest BCUT2D eigenvalue weighted by Crippen LogP contribution is -2.68. The lowest BCUT2D eigenvalue weighted by molar-refractivity contribution is -0.400. The number of aliphatic hydroxyl groups excluding tert-OH is 20. The minimum absolute atomic E-state index is 0.886. The third-order valence-electron chi connectivity index (χ3n) is 12.4. The molecule has 392 valence electrons. The lowest BCUT2D eigenvalue weighted by Gasteiger charge is -2.50. The molecule has 31 nitrogen and oxygen atoms in total. The van der Waals surface area contributed by atoms with E-state index in [9.17, 15) is 102 Å². The van der Waals surface area contributed by atoms with Crippen molar-refractivity contribution >= 4 is 0 Å². The maximum Gasteiger partial charge on any atom is 0.187 e. The average Bonchev–Trinajstić information content (AvgIpc) is 3.78. The van der Waals surface area contributed by atoms with Crippen molar-refractivity contribution in [3.8, 4) is 0 Å². The van der Waals surface area contributed by atoms with Crippen molar-refractivity contribution in [2.75, 3.05) is 39.6 Å². The van der Waals surface area contributed by atoms with Crippen LogP contribution in [0.15, 0.2) is 0 Å². The van der Waals surface area contributed by atoms with Gasteiger partial charge in [-0.2, -0.15) is 0 Å². The van der Waals surface area contributed by atoms with Crippen LogP contribution in [0.3, 0.4) is 0 Å². The predicted octanol–water partition coefficient (Wildman–Crippen LogP) is -14.1. The minimum atomic E-state index is -2.26. The van der Waals surface area contributed by atoms with E-state index in [2.05, 4.69) is 0 Å². The van der Waals surface area contributed by atoms with Crippen molar-refractivity contribution in [3.05, 3.63) is 0 Å². The highest BCUT2D eigenvalue weighted by Crippen LogP contribution is 2.39. The summed E-state index contributed by atoms with van der Waals surface area (Å²) < 4.78 is 62.0. The summed E-state index contributed by atoms with van der Waals surface area (Å²) in [5, 5.41) is 211. The molecule has 0 spiro atoms. The van der Waals surface area contributed by atoms with Gasteiger partial charge in [-0.15, -0.1) is 0 Å². The molecule has 67 heavy (non-hydrogen) atoms. The van der Waals surface area contributed by atoms with Gasteiger partial charge >= 0.3 is 0 Å². The second-order valence-corrected chi connectivity index (χ2v) is 16.8. The zero-order valence-corrected chi connectivity index (χ0v) is 35.0. The monoisotopic (exact) mass is 990 g/mol. The first-order valence-electron chi connectivity index (χ1n) is 21.1. The maximum atomic E-state index is 11.7. The summed E-state index contributed by atoms with van der Waals surface area (Å²) in [5.74, 6) is 0. The Morgan fingerprint density at radius 2 is 0.657 bits per heavy atom. The van der Waals surface area contributed by atoms with Crippen molar-refractivity contribution in [1.82, 2.24) is 0 Å². The highest BCUT2D eigenvalue weighted by molar-refractivity contribution is 5.01. The van der Waals surface area contributed by atoms with E-state index in [1.807, 2.05) is 0 Å². The molecule has 0 aromatic carbocycles. The molecule has 6 saturated heterocycles. The van der Waals surface area contributed by atoms with Crippen molar-refractivity contribution in [3.63, 3.8) is 0 Å². The number of ether oxygens (including phenoxy) is 11. The van der Waals surface area contributed by atoms with Gasteiger partial charge in [-0.05, 0) is 0 Å². The normalized spacial score (nSPS) is 51.8. The van der Waals surface area contributed by atoms with Gasteiger partial charge in [-0.3, -0.25) is 0 Å². The van der Waals surface area contributed by atoms with Crippen LogP contribution in [0.25, 0.3) is 0 Å². The molecule has 6 rings (SSSR count). The van der Waals surface area contributed by atoms with Crippen LogP contribution in [0.5, 0.6) is 0 Å². The predicted molar refractivity (Wildman–Crippen MR) is 199 cm³/mol. The fourth-order valence-corrected chi connectivity index (χ4v) is 8.51. The first-order valence-corrected chi connectivity index (χ1v) is 21.1. The van der Waals surface area contributed by atoms with Gasteiger partial charge in [0.25, 0.3) is 0 Å². The Kier molecular flexibility index (Phi) is 19.4. The molecule has 0 radical (unpaired) electrons. The molecule has 0 bridgehead atoms. The van der Waals surface area contributed by atoms with Gasteiger partial charge in [-0.1, -0.05) is 0 Å². The maximum absolute atomic E-state index is 11.7. The quantitative estimate of drug-likeness (QED) is 0.0606. The summed E-state index contributed by atoms with van der Waals surface area (Å²) in [5.41, 5.74) is 0. The molecule has 6 heterocycles. The highest BCUT2D eigenvalue weighted by atomic mass is 16.8. The molecule has 0 unspecified atom stereocenters. The molecule has 0 saturated carbocycles. The Balaban J connectivity index is 1.33. The number of rotatable bonds is 18. The highest BCUT2D eigenvalue weighted by Gasteiger charge is 2.59. The smallest absolute Gasteiger partial charge is 0.187 e. The van der Waals surface area contributed by atoms with Crippen LogP contribution in [-0.2, 0) is 52.1 Å². The molecule has 0 aromatic heterocycles. The van der Waals surface area contributed by atoms with E-state index in [4.69, 9.17) is 52.1 Å². The Bertz CT molecular complexity index is 1510. The van der Waals surface area contributed by atoms with Gasteiger partial charge < -0.3 is 154 Å². The van der Waals surface area contributed by atoms with Crippen molar-refractivity contribution in [1.29, 1.82) is 0 Å². The Labute approximate surface area is 378 Å². The van der Waals surface area contributed by atoms with E-state index < -0.39 is 224 Å². The average molecular weight is 991 g/mol. The van der Waals surface area contributed by atoms with E-state index in [0.717, 1.165) is 0 Å². The van der Waals surface area contributed by atoms with Crippen LogP contribution < -0.4 is 0 Å². The zero-order chi connectivity index (χ0) is 49.3. The van der Waals surface area contributed by atoms with E-state index in [-0.39, 0.29) is 0 Å². The summed E-state index contributed by atoms with van der Waals surface area (Å²) in [6.07, 6.45) is -59.2. The van der Waals surface area contributed by atoms with E-state index >= 15 is 0 Å². The number of aliphatic hydroxyl groups is 20. The largest absolute Gasteiger partial charge is 0.394 e. The summed E-state index contributed by atoms with van der Waals surface area (Å²) >= 11 is 0. The van der Waals surface area contributed by atoms with Gasteiger partial charge in [0.15, 0.2) is 37.7 Å². The second kappa shape index (κ2) is 23.5. The van der Waals surface area contributed by atoms with Gasteiger partial charge in [0.2, 0.25) is 0 Å². The second-order valence-electron chi connectivity index (χ2n) is 16.8. The van der Waals surface area contributed by atoms with Crippen molar-refractivity contribution in [2.24, 2.45) is 0 Å². The molecular formula is C36H62O31. The number of hydrogen-bond acceptors (Lipinski definition) is 31. The Hall–Kier alpha value is -1.24. The van der Waals surface area contributed by atoms with Crippen LogP contribution >= 0.6 is 0 Å². The third-order valence-corrected chi connectivity index (χ3v) is 12.4. The van der Waals surface area contributed by atoms with Crippen molar-refractivity contribution in [2.45, 2.75) is 184 Å². The first kappa shape index (κ1) is 55.1. The van der Waals surface area contributed by atoms with E-state index in [0.29, 0.717) is 0 Å². The summed E-state index contributed by atoms with van der Waals surface area (Å²) in [6, 6.07) is 0. The molecule has 20 N–H and O–H groups in total. The van der Waals surface area contributed by atoms with E-state index in [1.165, 1.54) is 0 Å². The first-order chi connectivity index (χ1) is 31.8. The van der Waals surface area contributed by atoms with Gasteiger partial charge in [-0.25, -0.2) is 0 Å². The fourth-order valence-electron chi connectivity index (χ4n) is 8.51. The summed E-state index contributed by atoms with van der Waals surface area (Å²) in [4.78, 5) is 0. The molecule has 6 aliphatic rings. The van der Waals surface area contributed by atoms with Crippen LogP contribution in [0, 0.1) is 0 Å². The Morgan fingerprint density at radius 3 is 1.21 bits per heavy atom. The molecule has 0 aliphatic carbocycles. The van der Waals surface area contributed by atoms with Crippen LogP contribution in [-0.4, -0.2) is 326 Å². The van der Waals surface area contributed by atoms with Crippen LogP contribution in [0.2, 0.25) is 0 Å². The molecule has 31 heteroatoms. The van der Waals surface area contributed by atoms with Gasteiger partial charge in [0.05, 0.1) is 39.6 Å². The van der Waals surface area contributed by atoms with Gasteiger partial charge in [0, 0.05) is 0 Å². The zero-order valence-electron chi connectivity index (χ0n) is 35.0. The molecule has 6 fully saturated rings. The SMILES string of the molecule is OC[C@@H](O)[C@@H]1O[C@@H](O[C@H]2[C@@H](O)[C@@H](CO)O[C@@H](O[C@H]3[C@@H](O)[C@@H](CO)O[C@H](O[C@@H]4[C@@H](O)[C@H](O[C@@H]5[C@@H](O)[C@H](O)O[C@H](CO)[C@H]5O)O[C@H]4[C@H](O)CO)[C@@H]3O[C@H]3O[C@H](CO)[C@H](O)[C@H](O)[C@H]3O)[C@@H]2O)[C@H](O)[C@H]1O. The van der Waals surface area contributed by atoms with Crippen LogP contribution in [0.1, 0.15) is 0 Å². The topological polar surface area (TPSA) is 506 Å². The standard InChI is InChI=1S/C36H62O31/c37-1-7(43)24-18(50)20(52)33(61-24)64-27-15(47)11(5-41)59-34(22(27)54)65-28-16(48)12(6-42)60-36(30(28)67-32-19(51)17(49)13(45)9(3-39)58-32)66-29-23(55)35(62-25(29)8(44)2-38)63-26-14(46)10(4-40)57-31(56)21(26)53/h7-56H,1-6H2/t7-,8-,9-,10-,11-,12-,13+,14-,15+,16+,17+,18-,19-,20-,21-,22-,23-,24+,25+,26+,27+,28+,29-,30-,31-,32-,33+,34+,35+,36-/m1/s1. The molecule has 6 aliphatic heterocycles.